The van der Waals surface area contributed by atoms with Crippen molar-refractivity contribution < 1.29 is 14.7 Å². The Bertz CT molecular complexity index is 739. The lowest BCUT2D eigenvalue weighted by molar-refractivity contribution is 0.0662. The van der Waals surface area contributed by atoms with E-state index in [-0.39, 0.29) is 5.78 Å². The Morgan fingerprint density at radius 1 is 0.708 bits per heavy atom. The van der Waals surface area contributed by atoms with Gasteiger partial charge in [0.15, 0.2) is 11.4 Å². The largest absolute Gasteiger partial charge is 0.374 e. The van der Waals surface area contributed by atoms with Gasteiger partial charge in [-0.25, -0.2) is 0 Å². The zero-order valence-electron chi connectivity index (χ0n) is 12.9. The van der Waals surface area contributed by atoms with Crippen LogP contribution in [-0.2, 0) is 0 Å². The van der Waals surface area contributed by atoms with Crippen LogP contribution in [-0.4, -0.2) is 27.8 Å². The van der Waals surface area contributed by atoms with E-state index in [0.29, 0.717) is 11.1 Å². The molecule has 0 bridgehead atoms. The van der Waals surface area contributed by atoms with Crippen LogP contribution >= 0.6 is 0 Å². The van der Waals surface area contributed by atoms with Crippen molar-refractivity contribution in [2.24, 2.45) is 5.73 Å². The van der Waals surface area contributed by atoms with Crippen LogP contribution in [0.1, 0.15) is 20.7 Å². The van der Waals surface area contributed by atoms with E-state index >= 15 is 0 Å². The van der Waals surface area contributed by atoms with Crippen LogP contribution in [0, 0.1) is 0 Å². The summed E-state index contributed by atoms with van der Waals surface area (Å²) in [6, 6.07) is 17.1. The number of hydrogen-bond acceptors (Lipinski definition) is 4. The summed E-state index contributed by atoms with van der Waals surface area (Å²) in [6.45, 7) is 0. The minimum absolute atomic E-state index is 0.301. The molecule has 0 spiro atoms. The fourth-order valence-electron chi connectivity index (χ4n) is 2.60. The number of nitrogens with two attached hydrogens (primary N) is 1. The maximum Gasteiger partial charge on any atom is 0.202 e. The van der Waals surface area contributed by atoms with Crippen molar-refractivity contribution in [2.75, 3.05) is 0 Å². The van der Waals surface area contributed by atoms with Crippen molar-refractivity contribution >= 4 is 11.6 Å². The number of carbonyl (C=O) groups excluding carboxylic acids is 2. The van der Waals surface area contributed by atoms with Crippen LogP contribution in [0.4, 0.5) is 0 Å². The normalized spacial score (nSPS) is 25.4. The van der Waals surface area contributed by atoms with Crippen molar-refractivity contribution in [3.63, 3.8) is 0 Å². The first-order valence-electron chi connectivity index (χ1n) is 7.56. The maximum absolute atomic E-state index is 12.6. The average Bonchev–Trinajstić information content (AvgIpc) is 2.64. The highest BCUT2D eigenvalue weighted by Crippen LogP contribution is 2.26. The molecule has 0 aliphatic heterocycles. The zero-order valence-corrected chi connectivity index (χ0v) is 12.9. The van der Waals surface area contributed by atoms with Gasteiger partial charge in [0.05, 0.1) is 0 Å². The quantitative estimate of drug-likeness (QED) is 0.669. The third-order valence-corrected chi connectivity index (χ3v) is 4.06. The zero-order chi connectivity index (χ0) is 17.2. The van der Waals surface area contributed by atoms with Crippen LogP contribution in [0.15, 0.2) is 85.0 Å². The summed E-state index contributed by atoms with van der Waals surface area (Å²) in [5, 5.41) is 10.6. The van der Waals surface area contributed by atoms with Crippen LogP contribution in [0.2, 0.25) is 0 Å². The van der Waals surface area contributed by atoms with Gasteiger partial charge in [-0.1, -0.05) is 72.8 Å². The van der Waals surface area contributed by atoms with E-state index in [1.807, 2.05) is 6.07 Å². The Labute approximate surface area is 139 Å². The predicted molar refractivity (Wildman–Crippen MR) is 91.7 cm³/mol. The lowest BCUT2D eigenvalue weighted by Crippen LogP contribution is -2.49. The van der Waals surface area contributed by atoms with Gasteiger partial charge in [-0.05, 0) is 12.2 Å². The molecule has 24 heavy (non-hydrogen) atoms. The van der Waals surface area contributed by atoms with Gasteiger partial charge >= 0.3 is 0 Å². The molecule has 0 heterocycles. The molecular formula is C20H17NO3. The third kappa shape index (κ3) is 2.85. The summed E-state index contributed by atoms with van der Waals surface area (Å²) < 4.78 is 0. The highest BCUT2D eigenvalue weighted by atomic mass is 16.3. The topological polar surface area (TPSA) is 80.4 Å². The number of ketones is 2. The molecule has 3 rings (SSSR count). The molecule has 0 unspecified atom stereocenters. The molecule has 120 valence electrons. The monoisotopic (exact) mass is 319 g/mol. The lowest BCUT2D eigenvalue weighted by Gasteiger charge is -2.29. The molecule has 1 aliphatic carbocycles. The van der Waals surface area contributed by atoms with Crippen molar-refractivity contribution in [3.05, 3.63) is 96.1 Å². The van der Waals surface area contributed by atoms with E-state index in [4.69, 9.17) is 5.73 Å². The average molecular weight is 319 g/mol. The Morgan fingerprint density at radius 3 is 1.58 bits per heavy atom. The van der Waals surface area contributed by atoms with Gasteiger partial charge in [-0.2, -0.15) is 0 Å². The van der Waals surface area contributed by atoms with Gasteiger partial charge in [0, 0.05) is 11.1 Å². The summed E-state index contributed by atoms with van der Waals surface area (Å²) >= 11 is 0. The molecule has 0 saturated heterocycles. The number of carbonyl (C=O) groups is 2. The fourth-order valence-corrected chi connectivity index (χ4v) is 2.60. The smallest absolute Gasteiger partial charge is 0.202 e. The van der Waals surface area contributed by atoms with E-state index in [9.17, 15) is 14.7 Å². The predicted octanol–water partition coefficient (Wildman–Crippen LogP) is 2.31. The van der Waals surface area contributed by atoms with E-state index in [1.165, 1.54) is 24.3 Å². The molecule has 0 fully saturated rings. The summed E-state index contributed by atoms with van der Waals surface area (Å²) in [5.41, 5.74) is 3.81. The molecule has 3 N–H and O–H groups in total. The first kappa shape index (κ1) is 16.1. The minimum Gasteiger partial charge on any atom is -0.374 e. The lowest BCUT2D eigenvalue weighted by atomic mass is 9.80. The van der Waals surface area contributed by atoms with Crippen LogP contribution < -0.4 is 5.73 Å². The summed E-state index contributed by atoms with van der Waals surface area (Å²) in [6.07, 6.45) is 5.32. The molecular weight excluding hydrogens is 302 g/mol. The van der Waals surface area contributed by atoms with Gasteiger partial charge < -0.3 is 10.8 Å². The summed E-state index contributed by atoms with van der Waals surface area (Å²) in [4.78, 5) is 25.1. The number of Topliss-reactive ketones (excluding diaryl/α,β-unsaturated/α-hetero) is 2. The van der Waals surface area contributed by atoms with Gasteiger partial charge in [-0.3, -0.25) is 9.59 Å². The second-order valence-corrected chi connectivity index (χ2v) is 5.82. The van der Waals surface area contributed by atoms with Gasteiger partial charge in [0.25, 0.3) is 0 Å². The van der Waals surface area contributed by atoms with Gasteiger partial charge in [-0.15, -0.1) is 0 Å². The summed E-state index contributed by atoms with van der Waals surface area (Å²) in [7, 11) is 0. The van der Waals surface area contributed by atoms with Crippen LogP contribution in [0.5, 0.6) is 0 Å². The number of rotatable bonds is 4. The molecule has 2 aromatic carbocycles. The van der Waals surface area contributed by atoms with Gasteiger partial charge in [0.1, 0.15) is 5.54 Å². The Hall–Kier alpha value is -2.82. The second-order valence-electron chi connectivity index (χ2n) is 5.82. The van der Waals surface area contributed by atoms with Crippen LogP contribution in [0.3, 0.4) is 0 Å². The maximum atomic E-state index is 12.6. The molecule has 4 nitrogen and oxygen atoms in total. The highest BCUT2D eigenvalue weighted by molar-refractivity contribution is 6.09. The first-order chi connectivity index (χ1) is 11.4. The number of aliphatic hydroxyl groups is 1. The van der Waals surface area contributed by atoms with E-state index in [2.05, 4.69) is 0 Å². The molecule has 4 heteroatoms. The minimum atomic E-state index is -1.80. The van der Waals surface area contributed by atoms with E-state index in [1.54, 1.807) is 54.6 Å². The molecule has 2 aromatic rings. The molecule has 0 atom stereocenters. The van der Waals surface area contributed by atoms with Crippen molar-refractivity contribution in [1.29, 1.82) is 0 Å². The molecule has 0 radical (unpaired) electrons. The molecule has 0 saturated carbocycles. The van der Waals surface area contributed by atoms with Crippen molar-refractivity contribution in [3.8, 4) is 0 Å². The molecule has 1 aliphatic rings. The fraction of sp³-hybridized carbons (Fsp3) is 0.100. The summed E-state index contributed by atoms with van der Waals surface area (Å²) in [5.74, 6) is -0.769. The van der Waals surface area contributed by atoms with Crippen molar-refractivity contribution in [2.45, 2.75) is 11.1 Å². The highest BCUT2D eigenvalue weighted by Gasteiger charge is 2.39. The third-order valence-electron chi connectivity index (χ3n) is 4.06. The standard InChI is InChI=1S/C20H17NO3/c21-19(17(22)15-7-3-1-4-8-15)11-13-20(24,14-12-19)18(23)16-9-5-2-6-10-16/h1-14,24H,21H2. The number of benzene rings is 2. The Balaban J connectivity index is 1.87. The second kappa shape index (κ2) is 6.00. The Kier molecular flexibility index (Phi) is 4.01. The first-order valence-corrected chi connectivity index (χ1v) is 7.56. The van der Waals surface area contributed by atoms with Crippen molar-refractivity contribution in [1.82, 2.24) is 0 Å². The Morgan fingerprint density at radius 2 is 1.12 bits per heavy atom. The number of hydrogen-bond donors (Lipinski definition) is 2. The molecule has 0 aromatic heterocycles. The van der Waals surface area contributed by atoms with E-state index in [0.717, 1.165) is 0 Å². The van der Waals surface area contributed by atoms with E-state index < -0.39 is 16.9 Å². The van der Waals surface area contributed by atoms with Crippen LogP contribution in [0.25, 0.3) is 0 Å². The molecule has 0 amide bonds. The van der Waals surface area contributed by atoms with Gasteiger partial charge in [0.2, 0.25) is 5.78 Å². The SMILES string of the molecule is NC1(C(=O)c2ccccc2)C=CC(O)(C(=O)c2ccccc2)C=C1.